The highest BCUT2D eigenvalue weighted by Crippen LogP contribution is 2.57. The van der Waals surface area contributed by atoms with Crippen molar-refractivity contribution < 1.29 is 42.7 Å². The van der Waals surface area contributed by atoms with E-state index in [-0.39, 0.29) is 22.9 Å². The largest absolute Gasteiger partial charge is 0.444 e. The molecule has 4 bridgehead atoms. The van der Waals surface area contributed by atoms with E-state index in [1.54, 1.807) is 13.8 Å². The first kappa shape index (κ1) is 31.1. The highest BCUT2D eigenvalue weighted by molar-refractivity contribution is 14.1. The van der Waals surface area contributed by atoms with Crippen molar-refractivity contribution in [2.75, 3.05) is 13.2 Å². The molecule has 3 heterocycles. The third-order valence-electron chi connectivity index (χ3n) is 10.2. The molecule has 0 radical (unpaired) electrons. The second-order valence-electron chi connectivity index (χ2n) is 14.1. The molecule has 2 amide bonds. The summed E-state index contributed by atoms with van der Waals surface area (Å²) in [6, 6.07) is 8.47. The van der Waals surface area contributed by atoms with E-state index in [2.05, 4.69) is 22.6 Å². The lowest BCUT2D eigenvalue weighted by atomic mass is 9.54. The number of hydrogen-bond donors (Lipinski definition) is 0. The van der Waals surface area contributed by atoms with Crippen LogP contribution in [0.25, 0.3) is 0 Å². The van der Waals surface area contributed by atoms with Crippen LogP contribution in [0.15, 0.2) is 30.3 Å². The van der Waals surface area contributed by atoms with Crippen molar-refractivity contribution in [3.05, 3.63) is 35.9 Å². The molecule has 4 saturated carbocycles. The summed E-state index contributed by atoms with van der Waals surface area (Å²) < 4.78 is 42.7. The van der Waals surface area contributed by atoms with Crippen molar-refractivity contribution in [3.8, 4) is 0 Å². The quantitative estimate of drug-likeness (QED) is 0.156. The molecule has 4 aliphatic carbocycles. The van der Waals surface area contributed by atoms with Crippen molar-refractivity contribution in [1.82, 2.24) is 4.90 Å². The summed E-state index contributed by atoms with van der Waals surface area (Å²) in [6.45, 7) is 4.29. The zero-order valence-electron chi connectivity index (χ0n) is 25.6. The molecule has 1 unspecified atom stereocenters. The predicted molar refractivity (Wildman–Crippen MR) is 166 cm³/mol. The van der Waals surface area contributed by atoms with Crippen LogP contribution in [0.1, 0.15) is 77.2 Å². The maximum atomic E-state index is 13.2. The number of ether oxygens (including phenoxy) is 7. The highest BCUT2D eigenvalue weighted by atomic mass is 127. The van der Waals surface area contributed by atoms with E-state index < -0.39 is 48.6 Å². The molecule has 3 aliphatic heterocycles. The molecule has 1 aromatic carbocycles. The first-order chi connectivity index (χ1) is 21.2. The summed E-state index contributed by atoms with van der Waals surface area (Å²) in [7, 11) is 0. The third kappa shape index (κ3) is 6.51. The minimum absolute atomic E-state index is 0.0272. The molecule has 1 aromatic rings. The number of halogens is 1. The first-order valence-electron chi connectivity index (χ1n) is 16.3. The fourth-order valence-corrected chi connectivity index (χ4v) is 9.73. The van der Waals surface area contributed by atoms with Crippen LogP contribution in [0, 0.1) is 17.8 Å². The summed E-state index contributed by atoms with van der Waals surface area (Å²) in [5.41, 5.74) is 0.915. The number of carbonyl (C=O) groups is 2. The van der Waals surface area contributed by atoms with Crippen LogP contribution in [-0.4, -0.2) is 76.4 Å². The SMILES string of the molecule is CC1(C)OC[C@H]2O[C@H](OCCCCC(I)OC34CC5CC(CC(C5)C3)C4)[C@@H]3[C@@H](OC(=O)N3C(=O)OCc3ccccc3)[C@@H]2O1. The Bertz CT molecular complexity index is 1160. The van der Waals surface area contributed by atoms with E-state index in [4.69, 9.17) is 33.2 Å². The molecule has 7 fully saturated rings. The van der Waals surface area contributed by atoms with Crippen LogP contribution >= 0.6 is 22.6 Å². The highest BCUT2D eigenvalue weighted by Gasteiger charge is 2.62. The van der Waals surface area contributed by atoms with Crippen molar-refractivity contribution in [1.29, 1.82) is 0 Å². The molecule has 3 saturated heterocycles. The Labute approximate surface area is 272 Å². The van der Waals surface area contributed by atoms with Gasteiger partial charge in [0.05, 0.1) is 12.2 Å². The second-order valence-corrected chi connectivity index (χ2v) is 15.5. The predicted octanol–water partition coefficient (Wildman–Crippen LogP) is 6.32. The normalized spacial score (nSPS) is 39.0. The Balaban J connectivity index is 0.951. The van der Waals surface area contributed by atoms with Gasteiger partial charge in [-0.2, -0.15) is 4.90 Å². The summed E-state index contributed by atoms with van der Waals surface area (Å²) >= 11 is 2.46. The van der Waals surface area contributed by atoms with Gasteiger partial charge >= 0.3 is 12.2 Å². The van der Waals surface area contributed by atoms with Crippen LogP contribution in [-0.2, 0) is 39.8 Å². The lowest BCUT2D eigenvalue weighted by molar-refractivity contribution is -0.365. The Morgan fingerprint density at radius 3 is 2.45 bits per heavy atom. The number of alkyl halides is 1. The second kappa shape index (κ2) is 12.6. The number of imide groups is 1. The van der Waals surface area contributed by atoms with Gasteiger partial charge in [-0.25, -0.2) is 9.59 Å². The number of fused-ring (bicyclic) bond motifs is 3. The van der Waals surface area contributed by atoms with E-state index in [0.29, 0.717) is 6.61 Å². The smallest absolute Gasteiger partial charge is 0.420 e. The van der Waals surface area contributed by atoms with Gasteiger partial charge in [-0.05, 0) is 95.0 Å². The molecule has 0 aromatic heterocycles. The van der Waals surface area contributed by atoms with Crippen LogP contribution < -0.4 is 0 Å². The van der Waals surface area contributed by atoms with E-state index >= 15 is 0 Å². The molecule has 0 spiro atoms. The molecule has 44 heavy (non-hydrogen) atoms. The zero-order chi connectivity index (χ0) is 30.5. The van der Waals surface area contributed by atoms with Gasteiger partial charge in [0.25, 0.3) is 0 Å². The topological polar surface area (TPSA) is 102 Å². The van der Waals surface area contributed by atoms with Gasteiger partial charge in [-0.15, -0.1) is 0 Å². The fourth-order valence-electron chi connectivity index (χ4n) is 8.75. The summed E-state index contributed by atoms with van der Waals surface area (Å²) in [5.74, 6) is 1.71. The number of benzene rings is 1. The molecule has 10 nitrogen and oxygen atoms in total. The summed E-state index contributed by atoms with van der Waals surface area (Å²) in [6.07, 6.45) is 6.24. The maximum Gasteiger partial charge on any atom is 0.420 e. The minimum Gasteiger partial charge on any atom is -0.444 e. The zero-order valence-corrected chi connectivity index (χ0v) is 27.7. The van der Waals surface area contributed by atoms with Gasteiger partial charge < -0.3 is 33.2 Å². The maximum absolute atomic E-state index is 13.2. The van der Waals surface area contributed by atoms with E-state index in [1.165, 1.54) is 38.5 Å². The van der Waals surface area contributed by atoms with Gasteiger partial charge in [-0.3, -0.25) is 0 Å². The summed E-state index contributed by atoms with van der Waals surface area (Å²) in [5, 5.41) is 0. The first-order valence-corrected chi connectivity index (χ1v) is 17.5. The number of rotatable bonds is 10. The lowest BCUT2D eigenvalue weighted by Gasteiger charge is -2.56. The standard InChI is InChI=1S/C33H44INO9/c1-32(2)40-19-24-27(44-32)28-26(35(31(37)42-28)30(36)39-18-20-8-4-3-5-9-20)29(41-24)38-11-7-6-10-25(34)43-33-15-21-12-22(16-33)14-23(13-21)17-33/h3-5,8-9,21-29H,6-7,10-19H2,1-2H3/t21?,22?,23?,24-,25?,26+,27-,28-,29+,33?/m1/s1. The molecular weight excluding hydrogens is 681 g/mol. The summed E-state index contributed by atoms with van der Waals surface area (Å²) in [4.78, 5) is 27.3. The van der Waals surface area contributed by atoms with Crippen LogP contribution in [0.2, 0.25) is 0 Å². The number of nitrogens with zero attached hydrogens (tertiary/aromatic N) is 1. The molecule has 8 rings (SSSR count). The number of hydrogen-bond acceptors (Lipinski definition) is 9. The molecule has 242 valence electrons. The van der Waals surface area contributed by atoms with Crippen molar-refractivity contribution in [3.63, 3.8) is 0 Å². The van der Waals surface area contributed by atoms with Crippen molar-refractivity contribution >= 4 is 34.8 Å². The van der Waals surface area contributed by atoms with Gasteiger partial charge in [0.2, 0.25) is 0 Å². The van der Waals surface area contributed by atoms with Gasteiger partial charge in [0, 0.05) is 6.61 Å². The Kier molecular flexibility index (Phi) is 8.90. The number of amides is 2. The van der Waals surface area contributed by atoms with Crippen LogP contribution in [0.3, 0.4) is 0 Å². The molecular formula is C33H44INO9. The molecule has 0 N–H and O–H groups in total. The van der Waals surface area contributed by atoms with Crippen LogP contribution in [0.4, 0.5) is 9.59 Å². The van der Waals surface area contributed by atoms with E-state index in [1.807, 2.05) is 30.3 Å². The average molecular weight is 726 g/mol. The molecule has 7 aliphatic rings. The van der Waals surface area contributed by atoms with Crippen LogP contribution in [0.5, 0.6) is 0 Å². The van der Waals surface area contributed by atoms with E-state index in [9.17, 15) is 9.59 Å². The Morgan fingerprint density at radius 2 is 1.75 bits per heavy atom. The Hall–Kier alpha value is -1.51. The third-order valence-corrected chi connectivity index (χ3v) is 11.1. The van der Waals surface area contributed by atoms with Crippen molar-refractivity contribution in [2.24, 2.45) is 17.8 Å². The van der Waals surface area contributed by atoms with E-state index in [0.717, 1.165) is 47.5 Å². The van der Waals surface area contributed by atoms with Gasteiger partial charge in [0.15, 0.2) is 18.2 Å². The fraction of sp³-hybridized carbons (Fsp3) is 0.758. The van der Waals surface area contributed by atoms with Crippen molar-refractivity contribution in [2.45, 2.75) is 124 Å². The monoisotopic (exact) mass is 725 g/mol. The lowest BCUT2D eigenvalue weighted by Crippen LogP contribution is -2.66. The number of unbranched alkanes of at least 4 members (excludes halogenated alkanes) is 1. The average Bonchev–Trinajstić information content (AvgIpc) is 3.32. The molecule has 11 heteroatoms. The Morgan fingerprint density at radius 1 is 1.05 bits per heavy atom. The van der Waals surface area contributed by atoms with Gasteiger partial charge in [-0.1, -0.05) is 52.9 Å². The van der Waals surface area contributed by atoms with Gasteiger partial charge in [0.1, 0.15) is 29.0 Å². The number of carbonyl (C=O) groups excluding carboxylic acids is 2. The molecule has 6 atom stereocenters. The minimum atomic E-state index is -0.899.